The highest BCUT2D eigenvalue weighted by molar-refractivity contribution is 5.45. The van der Waals surface area contributed by atoms with E-state index in [9.17, 15) is 0 Å². The van der Waals surface area contributed by atoms with Crippen molar-refractivity contribution in [3.63, 3.8) is 0 Å². The third-order valence-electron chi connectivity index (χ3n) is 1.93. The van der Waals surface area contributed by atoms with Crippen LogP contribution in [0.5, 0.6) is 11.5 Å². The highest BCUT2D eigenvalue weighted by atomic mass is 16.5. The molecular weight excluding hydrogens is 176 g/mol. The lowest BCUT2D eigenvalue weighted by atomic mass is 10.2. The van der Waals surface area contributed by atoms with Gasteiger partial charge in [0.05, 0.1) is 13.2 Å². The Bertz CT molecular complexity index is 282. The third-order valence-corrected chi connectivity index (χ3v) is 1.93. The standard InChI is InChI=1S/C12H18O2/c1-4-9-14-11-8-6-7-10(3)12(11)13-5-2/h6-8H,4-5,9H2,1-3H3. The maximum Gasteiger partial charge on any atom is 0.164 e. The van der Waals surface area contributed by atoms with E-state index in [-0.39, 0.29) is 0 Å². The summed E-state index contributed by atoms with van der Waals surface area (Å²) in [6, 6.07) is 5.97. The van der Waals surface area contributed by atoms with E-state index in [2.05, 4.69) is 6.92 Å². The van der Waals surface area contributed by atoms with Gasteiger partial charge in [0, 0.05) is 0 Å². The Hall–Kier alpha value is -1.18. The first kappa shape index (κ1) is 10.9. The van der Waals surface area contributed by atoms with Gasteiger partial charge >= 0.3 is 0 Å². The van der Waals surface area contributed by atoms with Crippen LogP contribution in [-0.2, 0) is 0 Å². The van der Waals surface area contributed by atoms with Crippen LogP contribution in [0.15, 0.2) is 18.2 Å². The maximum absolute atomic E-state index is 5.59. The highest BCUT2D eigenvalue weighted by Crippen LogP contribution is 2.30. The zero-order valence-corrected chi connectivity index (χ0v) is 9.17. The molecule has 14 heavy (non-hydrogen) atoms. The zero-order valence-electron chi connectivity index (χ0n) is 9.17. The van der Waals surface area contributed by atoms with Crippen molar-refractivity contribution in [2.75, 3.05) is 13.2 Å². The van der Waals surface area contributed by atoms with Crippen LogP contribution < -0.4 is 9.47 Å². The molecule has 0 aromatic heterocycles. The van der Waals surface area contributed by atoms with Gasteiger partial charge in [0.1, 0.15) is 0 Å². The van der Waals surface area contributed by atoms with Crippen LogP contribution >= 0.6 is 0 Å². The predicted octanol–water partition coefficient (Wildman–Crippen LogP) is 3.18. The van der Waals surface area contributed by atoms with Gasteiger partial charge in [-0.05, 0) is 31.9 Å². The first-order valence-electron chi connectivity index (χ1n) is 5.14. The van der Waals surface area contributed by atoms with Gasteiger partial charge in [-0.1, -0.05) is 19.1 Å². The molecule has 1 aromatic carbocycles. The molecule has 0 N–H and O–H groups in total. The first-order valence-corrected chi connectivity index (χ1v) is 5.14. The minimum absolute atomic E-state index is 0.674. The zero-order chi connectivity index (χ0) is 10.4. The van der Waals surface area contributed by atoms with Crippen molar-refractivity contribution in [3.8, 4) is 11.5 Å². The molecule has 0 heterocycles. The molecule has 2 heteroatoms. The minimum atomic E-state index is 0.674. The van der Waals surface area contributed by atoms with Crippen LogP contribution in [-0.4, -0.2) is 13.2 Å². The summed E-state index contributed by atoms with van der Waals surface area (Å²) in [4.78, 5) is 0. The molecule has 1 aromatic rings. The summed E-state index contributed by atoms with van der Waals surface area (Å²) in [5, 5.41) is 0. The fraction of sp³-hybridized carbons (Fsp3) is 0.500. The first-order chi connectivity index (χ1) is 6.79. The van der Waals surface area contributed by atoms with Crippen molar-refractivity contribution in [3.05, 3.63) is 23.8 Å². The Morgan fingerprint density at radius 2 is 1.93 bits per heavy atom. The topological polar surface area (TPSA) is 18.5 Å². The predicted molar refractivity (Wildman–Crippen MR) is 58.1 cm³/mol. The summed E-state index contributed by atoms with van der Waals surface area (Å²) in [6.45, 7) is 7.52. The van der Waals surface area contributed by atoms with E-state index in [4.69, 9.17) is 9.47 Å². The molecule has 0 spiro atoms. The van der Waals surface area contributed by atoms with Crippen LogP contribution in [0.25, 0.3) is 0 Å². The largest absolute Gasteiger partial charge is 0.490 e. The van der Waals surface area contributed by atoms with Crippen molar-refractivity contribution in [1.82, 2.24) is 0 Å². The molecule has 0 unspecified atom stereocenters. The van der Waals surface area contributed by atoms with Gasteiger partial charge in [-0.25, -0.2) is 0 Å². The molecule has 0 aliphatic carbocycles. The van der Waals surface area contributed by atoms with Gasteiger partial charge in [0.2, 0.25) is 0 Å². The molecule has 0 aliphatic rings. The summed E-state index contributed by atoms with van der Waals surface area (Å²) >= 11 is 0. The van der Waals surface area contributed by atoms with E-state index < -0.39 is 0 Å². The third kappa shape index (κ3) is 2.66. The number of aryl methyl sites for hydroxylation is 1. The van der Waals surface area contributed by atoms with Crippen molar-refractivity contribution in [2.24, 2.45) is 0 Å². The molecule has 0 saturated heterocycles. The quantitative estimate of drug-likeness (QED) is 0.716. The second-order valence-corrected chi connectivity index (χ2v) is 3.18. The Kier molecular flexibility index (Phi) is 4.30. The van der Waals surface area contributed by atoms with Gasteiger partial charge in [-0.3, -0.25) is 0 Å². The number of para-hydroxylation sites is 1. The molecule has 0 atom stereocenters. The second kappa shape index (κ2) is 5.53. The summed E-state index contributed by atoms with van der Waals surface area (Å²) < 4.78 is 11.1. The lowest BCUT2D eigenvalue weighted by Gasteiger charge is -2.13. The molecule has 0 bridgehead atoms. The van der Waals surface area contributed by atoms with Crippen molar-refractivity contribution in [2.45, 2.75) is 27.2 Å². The van der Waals surface area contributed by atoms with Crippen LogP contribution in [0.1, 0.15) is 25.8 Å². The Balaban J connectivity index is 2.83. The molecule has 0 amide bonds. The fourth-order valence-electron chi connectivity index (χ4n) is 1.28. The molecule has 1 rings (SSSR count). The number of rotatable bonds is 5. The van der Waals surface area contributed by atoms with E-state index >= 15 is 0 Å². The minimum Gasteiger partial charge on any atom is -0.490 e. The van der Waals surface area contributed by atoms with Crippen molar-refractivity contribution in [1.29, 1.82) is 0 Å². The lowest BCUT2D eigenvalue weighted by Crippen LogP contribution is -2.01. The van der Waals surface area contributed by atoms with Crippen LogP contribution in [0.2, 0.25) is 0 Å². The molecule has 2 nitrogen and oxygen atoms in total. The van der Waals surface area contributed by atoms with Gasteiger partial charge in [0.15, 0.2) is 11.5 Å². The smallest absolute Gasteiger partial charge is 0.164 e. The summed E-state index contributed by atoms with van der Waals surface area (Å²) in [6.07, 6.45) is 1.01. The fourth-order valence-corrected chi connectivity index (χ4v) is 1.28. The number of benzene rings is 1. The van der Waals surface area contributed by atoms with Crippen molar-refractivity contribution >= 4 is 0 Å². The van der Waals surface area contributed by atoms with Gasteiger partial charge in [-0.15, -0.1) is 0 Å². The van der Waals surface area contributed by atoms with E-state index in [1.807, 2.05) is 32.0 Å². The van der Waals surface area contributed by atoms with E-state index in [0.29, 0.717) is 6.61 Å². The number of hydrogen-bond donors (Lipinski definition) is 0. The molecular formula is C12H18O2. The van der Waals surface area contributed by atoms with Gasteiger partial charge < -0.3 is 9.47 Å². The highest BCUT2D eigenvalue weighted by Gasteiger charge is 2.06. The average Bonchev–Trinajstić information content (AvgIpc) is 2.19. The summed E-state index contributed by atoms with van der Waals surface area (Å²) in [5.74, 6) is 1.73. The van der Waals surface area contributed by atoms with Crippen LogP contribution in [0.4, 0.5) is 0 Å². The van der Waals surface area contributed by atoms with E-state index in [0.717, 1.165) is 30.1 Å². The molecule has 0 fully saturated rings. The molecule has 0 aliphatic heterocycles. The van der Waals surface area contributed by atoms with E-state index in [1.54, 1.807) is 0 Å². The summed E-state index contributed by atoms with van der Waals surface area (Å²) in [5.41, 5.74) is 1.13. The lowest BCUT2D eigenvalue weighted by molar-refractivity contribution is 0.275. The van der Waals surface area contributed by atoms with Crippen molar-refractivity contribution < 1.29 is 9.47 Å². The average molecular weight is 194 g/mol. The van der Waals surface area contributed by atoms with Gasteiger partial charge in [-0.2, -0.15) is 0 Å². The Labute approximate surface area is 85.8 Å². The SMILES string of the molecule is CCCOc1cccc(C)c1OCC. The van der Waals surface area contributed by atoms with E-state index in [1.165, 1.54) is 0 Å². The Morgan fingerprint density at radius 1 is 1.14 bits per heavy atom. The molecule has 0 radical (unpaired) electrons. The normalized spacial score (nSPS) is 9.93. The number of ether oxygens (including phenoxy) is 2. The molecule has 0 saturated carbocycles. The van der Waals surface area contributed by atoms with Crippen LogP contribution in [0.3, 0.4) is 0 Å². The molecule has 78 valence electrons. The monoisotopic (exact) mass is 194 g/mol. The maximum atomic E-state index is 5.59. The Morgan fingerprint density at radius 3 is 2.57 bits per heavy atom. The van der Waals surface area contributed by atoms with Crippen LogP contribution in [0, 0.1) is 6.92 Å². The second-order valence-electron chi connectivity index (χ2n) is 3.18. The summed E-state index contributed by atoms with van der Waals surface area (Å²) in [7, 11) is 0. The van der Waals surface area contributed by atoms with Gasteiger partial charge in [0.25, 0.3) is 0 Å². The number of hydrogen-bond acceptors (Lipinski definition) is 2.